The van der Waals surface area contributed by atoms with Gasteiger partial charge in [-0.25, -0.2) is 17.5 Å². The Morgan fingerprint density at radius 2 is 1.83 bits per heavy atom. The van der Waals surface area contributed by atoms with E-state index < -0.39 is 28.1 Å². The van der Waals surface area contributed by atoms with Gasteiger partial charge in [-0.3, -0.25) is 9.69 Å². The summed E-state index contributed by atoms with van der Waals surface area (Å²) < 4.78 is 57.8. The molecule has 4 rings (SSSR count). The number of carbonyl (C=O) groups excluding carboxylic acids is 1. The van der Waals surface area contributed by atoms with Gasteiger partial charge < -0.3 is 20.9 Å². The number of fused-ring (bicyclic) bond motifs is 1. The average Bonchev–Trinajstić information content (AvgIpc) is 3.54. The minimum atomic E-state index is -5.08. The predicted octanol–water partition coefficient (Wildman–Crippen LogP) is 3.97. The van der Waals surface area contributed by atoms with E-state index in [1.807, 2.05) is 19.3 Å². The summed E-state index contributed by atoms with van der Waals surface area (Å²) in [6.07, 6.45) is -2.05. The molecule has 0 saturated carbocycles. The highest BCUT2D eigenvalue weighted by Crippen LogP contribution is 2.38. The molecule has 1 fully saturated rings. The number of hydrogen-bond acceptors (Lipinski definition) is 7. The fraction of sp³-hybridized carbons (Fsp3) is 0.481. The summed E-state index contributed by atoms with van der Waals surface area (Å²) in [4.78, 5) is 27.7. The van der Waals surface area contributed by atoms with Crippen LogP contribution in [0.1, 0.15) is 53.4 Å². The van der Waals surface area contributed by atoms with Crippen molar-refractivity contribution in [1.29, 1.82) is 0 Å². The lowest BCUT2D eigenvalue weighted by molar-refractivity contribution is -0.192. The number of alkyl halides is 3. The molecular weight excluding hydrogens is 597 g/mol. The van der Waals surface area contributed by atoms with Crippen molar-refractivity contribution in [2.75, 3.05) is 32.4 Å². The molecule has 232 valence electrons. The smallest absolute Gasteiger partial charge is 0.475 e. The van der Waals surface area contributed by atoms with Gasteiger partial charge in [0.05, 0.1) is 22.9 Å². The van der Waals surface area contributed by atoms with Crippen molar-refractivity contribution in [2.45, 2.75) is 51.4 Å². The van der Waals surface area contributed by atoms with E-state index in [-0.39, 0.29) is 17.8 Å². The van der Waals surface area contributed by atoms with Crippen LogP contribution in [0.5, 0.6) is 0 Å². The van der Waals surface area contributed by atoms with Gasteiger partial charge in [0.15, 0.2) is 0 Å². The van der Waals surface area contributed by atoms with Crippen molar-refractivity contribution >= 4 is 44.1 Å². The number of aliphatic hydroxyl groups excluding tert-OH is 1. The van der Waals surface area contributed by atoms with E-state index in [0.29, 0.717) is 25.2 Å². The number of nitrogens with two attached hydrogens (primary N) is 1. The number of nitrogens with zero attached hydrogens (tertiary/aromatic N) is 2. The number of carboxylic acids is 1. The number of thiophene rings is 1. The lowest BCUT2D eigenvalue weighted by Crippen LogP contribution is -2.38. The summed E-state index contributed by atoms with van der Waals surface area (Å²) in [5.41, 5.74) is 9.99. The summed E-state index contributed by atoms with van der Waals surface area (Å²) in [5, 5.41) is 19.8. The van der Waals surface area contributed by atoms with Gasteiger partial charge in [0.25, 0.3) is 5.91 Å². The van der Waals surface area contributed by atoms with Crippen LogP contribution in [0, 0.1) is 0 Å². The molecule has 1 amide bonds. The van der Waals surface area contributed by atoms with Crippen molar-refractivity contribution in [3.63, 3.8) is 0 Å². The molecule has 1 aliphatic rings. The third-order valence-electron chi connectivity index (χ3n) is 6.97. The highest BCUT2D eigenvalue weighted by atomic mass is 32.2. The zero-order chi connectivity index (χ0) is 31.4. The van der Waals surface area contributed by atoms with E-state index in [0.717, 1.165) is 47.0 Å². The third-order valence-corrected chi connectivity index (χ3v) is 9.77. The second kappa shape index (κ2) is 13.5. The number of aliphatic carboxylic acids is 1. The molecule has 3 heterocycles. The Hall–Kier alpha value is -2.98. The monoisotopic (exact) mass is 632 g/mol. The summed E-state index contributed by atoms with van der Waals surface area (Å²) in [5.74, 6) is -2.92. The van der Waals surface area contributed by atoms with Gasteiger partial charge in [-0.15, -0.1) is 11.3 Å². The number of benzene rings is 1. The van der Waals surface area contributed by atoms with E-state index in [4.69, 9.17) is 15.6 Å². The molecule has 1 saturated heterocycles. The van der Waals surface area contributed by atoms with Gasteiger partial charge in [0, 0.05) is 42.6 Å². The van der Waals surface area contributed by atoms with Crippen LogP contribution in [0.25, 0.3) is 22.0 Å². The Morgan fingerprint density at radius 1 is 1.21 bits per heavy atom. The predicted molar refractivity (Wildman–Crippen MR) is 155 cm³/mol. The summed E-state index contributed by atoms with van der Waals surface area (Å²) in [7, 11) is -1.20. The summed E-state index contributed by atoms with van der Waals surface area (Å²) in [6.45, 7) is 5.78. The molecule has 2 aromatic heterocycles. The summed E-state index contributed by atoms with van der Waals surface area (Å²) >= 11 is 1.65. The molecule has 42 heavy (non-hydrogen) atoms. The molecule has 0 aliphatic carbocycles. The topological polar surface area (TPSA) is 157 Å². The van der Waals surface area contributed by atoms with E-state index >= 15 is 0 Å². The van der Waals surface area contributed by atoms with Crippen LogP contribution in [-0.4, -0.2) is 89.4 Å². The maximum Gasteiger partial charge on any atom is 0.490 e. The third kappa shape index (κ3) is 8.31. The normalized spacial score (nSPS) is 15.9. The van der Waals surface area contributed by atoms with Gasteiger partial charge >= 0.3 is 12.1 Å². The number of likely N-dealkylation sites (N-methyl/N-ethyl adjacent to an activating group) is 1. The highest BCUT2D eigenvalue weighted by molar-refractivity contribution is 7.89. The maximum absolute atomic E-state index is 12.3. The zero-order valence-electron chi connectivity index (χ0n) is 23.4. The Labute approximate surface area is 246 Å². The SMILES string of the molecule is CCS(=O)(=O)N1CCC(c2c[nH]c3c(C(N)=O)cc(-c4csc(CN(C)C[C@H](C)O)c4)cc23)CC1.O=C(O)C(F)(F)F. The molecule has 0 unspecified atom stereocenters. The molecule has 0 spiro atoms. The van der Waals surface area contributed by atoms with Crippen LogP contribution in [0.3, 0.4) is 0 Å². The van der Waals surface area contributed by atoms with E-state index in [2.05, 4.69) is 27.4 Å². The second-order valence-electron chi connectivity index (χ2n) is 10.3. The Balaban J connectivity index is 0.000000616. The fourth-order valence-corrected chi connectivity index (χ4v) is 7.08. The first-order chi connectivity index (χ1) is 19.5. The molecule has 0 radical (unpaired) electrons. The van der Waals surface area contributed by atoms with Crippen LogP contribution in [0.4, 0.5) is 13.2 Å². The van der Waals surface area contributed by atoms with Gasteiger partial charge in [-0.2, -0.15) is 13.2 Å². The molecule has 3 aromatic rings. The molecular formula is C27H35F3N4O6S2. The largest absolute Gasteiger partial charge is 0.490 e. The lowest BCUT2D eigenvalue weighted by atomic mass is 9.88. The van der Waals surface area contributed by atoms with Crippen molar-refractivity contribution in [1.82, 2.24) is 14.2 Å². The van der Waals surface area contributed by atoms with Crippen molar-refractivity contribution in [3.8, 4) is 11.1 Å². The first-order valence-electron chi connectivity index (χ1n) is 13.2. The molecule has 1 atom stereocenters. The van der Waals surface area contributed by atoms with Crippen LogP contribution < -0.4 is 5.73 Å². The number of rotatable bonds is 9. The summed E-state index contributed by atoms with van der Waals surface area (Å²) in [6, 6.07) is 6.07. The molecule has 1 aromatic carbocycles. The van der Waals surface area contributed by atoms with Crippen molar-refractivity contribution in [2.24, 2.45) is 5.73 Å². The van der Waals surface area contributed by atoms with Crippen molar-refractivity contribution in [3.05, 3.63) is 45.8 Å². The minimum absolute atomic E-state index is 0.119. The quantitative estimate of drug-likeness (QED) is 0.278. The molecule has 1 aliphatic heterocycles. The first-order valence-corrected chi connectivity index (χ1v) is 15.7. The second-order valence-corrected chi connectivity index (χ2v) is 13.5. The van der Waals surface area contributed by atoms with E-state index in [1.165, 1.54) is 4.88 Å². The molecule has 15 heteroatoms. The standard InChI is InChI=1S/C25H34N4O4S2.C2HF3O2/c1-4-35(32,33)29-7-5-17(6-8-29)23-12-27-24-21(23)10-18(11-22(24)25(26)31)19-9-20(34-15-19)14-28(3)13-16(2)30;3-2(4,5)1(6)7/h9-12,15-17,27,30H,4-8,13-14H2,1-3H3,(H2,26,31);(H,6,7)/t16-;/m0./s1. The maximum atomic E-state index is 12.3. The fourth-order valence-electron chi connectivity index (χ4n) is 4.98. The average molecular weight is 633 g/mol. The molecule has 10 nitrogen and oxygen atoms in total. The number of nitrogens with one attached hydrogen (secondary N) is 1. The number of H-pyrrole nitrogens is 1. The van der Waals surface area contributed by atoms with E-state index in [9.17, 15) is 31.5 Å². The van der Waals surface area contributed by atoms with Gasteiger partial charge in [-0.1, -0.05) is 0 Å². The number of amides is 1. The highest BCUT2D eigenvalue weighted by Gasteiger charge is 2.38. The first kappa shape index (κ1) is 33.5. The number of hydrogen-bond donors (Lipinski definition) is 4. The van der Waals surface area contributed by atoms with Gasteiger partial charge in [-0.05, 0) is 79.9 Å². The number of sulfonamides is 1. The number of piperidine rings is 1. The minimum Gasteiger partial charge on any atom is -0.475 e. The Kier molecular flexibility index (Phi) is 10.8. The van der Waals surface area contributed by atoms with Crippen LogP contribution >= 0.6 is 11.3 Å². The number of halogens is 3. The van der Waals surface area contributed by atoms with E-state index in [1.54, 1.807) is 29.5 Å². The van der Waals surface area contributed by atoms with Crippen LogP contribution in [0.2, 0.25) is 0 Å². The van der Waals surface area contributed by atoms with Gasteiger partial charge in [0.2, 0.25) is 10.0 Å². The van der Waals surface area contributed by atoms with Crippen molar-refractivity contribution < 1.29 is 41.4 Å². The lowest BCUT2D eigenvalue weighted by Gasteiger charge is -2.31. The molecule has 0 bridgehead atoms. The Bertz CT molecular complexity index is 1510. The Morgan fingerprint density at radius 3 is 2.36 bits per heavy atom. The zero-order valence-corrected chi connectivity index (χ0v) is 25.1. The van der Waals surface area contributed by atoms with Crippen LogP contribution in [-0.2, 0) is 21.4 Å². The number of aromatic nitrogens is 1. The number of primary amides is 1. The molecule has 5 N–H and O–H groups in total. The number of carboxylic acid groups (broad SMARTS) is 1. The van der Waals surface area contributed by atoms with Crippen LogP contribution in [0.15, 0.2) is 29.8 Å². The number of aliphatic hydroxyl groups is 1. The van der Waals surface area contributed by atoms with Gasteiger partial charge in [0.1, 0.15) is 0 Å². The number of carbonyl (C=O) groups is 2. The number of aromatic amines is 1.